The highest BCUT2D eigenvalue weighted by molar-refractivity contribution is 14.0. The van der Waals surface area contributed by atoms with Gasteiger partial charge in [-0.25, -0.2) is 0 Å². The second kappa shape index (κ2) is 8.56. The van der Waals surface area contributed by atoms with Gasteiger partial charge in [0.15, 0.2) is 17.5 Å². The molecule has 144 valence electrons. The lowest BCUT2D eigenvalue weighted by molar-refractivity contribution is 0.297. The number of anilines is 1. The van der Waals surface area contributed by atoms with E-state index in [0.29, 0.717) is 25.7 Å². The van der Waals surface area contributed by atoms with Crippen LogP contribution < -0.4 is 20.5 Å². The molecule has 0 bridgehead atoms. The van der Waals surface area contributed by atoms with Crippen LogP contribution in [0.15, 0.2) is 47.5 Å². The number of halogens is 2. The minimum absolute atomic E-state index is 0. The van der Waals surface area contributed by atoms with Crippen LogP contribution >= 0.6 is 35.6 Å². The van der Waals surface area contributed by atoms with E-state index in [4.69, 9.17) is 26.8 Å². The van der Waals surface area contributed by atoms with Gasteiger partial charge >= 0.3 is 0 Å². The third kappa shape index (κ3) is 4.60. The van der Waals surface area contributed by atoms with E-state index in [9.17, 15) is 0 Å². The quantitative estimate of drug-likeness (QED) is 0.367. The van der Waals surface area contributed by atoms with E-state index < -0.39 is 0 Å². The summed E-state index contributed by atoms with van der Waals surface area (Å²) < 4.78 is 11.3. The van der Waals surface area contributed by atoms with Gasteiger partial charge in [-0.05, 0) is 36.6 Å². The van der Waals surface area contributed by atoms with Crippen LogP contribution in [0, 0.1) is 0 Å². The van der Waals surface area contributed by atoms with Gasteiger partial charge in [-0.3, -0.25) is 4.99 Å². The molecule has 27 heavy (non-hydrogen) atoms. The minimum Gasteiger partial charge on any atom is -0.490 e. The number of fused-ring (bicyclic) bond motifs is 1. The van der Waals surface area contributed by atoms with Gasteiger partial charge in [0.1, 0.15) is 0 Å². The average molecular weight is 500 g/mol. The first-order valence-electron chi connectivity index (χ1n) is 8.88. The number of nitrogens with one attached hydrogen (secondary N) is 1. The van der Waals surface area contributed by atoms with Crippen molar-refractivity contribution in [3.8, 4) is 11.5 Å². The van der Waals surface area contributed by atoms with Crippen LogP contribution in [0.4, 0.5) is 5.69 Å². The van der Waals surface area contributed by atoms with Gasteiger partial charge in [0, 0.05) is 28.6 Å². The molecule has 0 atom stereocenters. The largest absolute Gasteiger partial charge is 0.490 e. The molecule has 1 heterocycles. The lowest BCUT2D eigenvalue weighted by Gasteiger charge is -2.15. The molecule has 4 rings (SSSR count). The van der Waals surface area contributed by atoms with E-state index in [2.05, 4.69) is 16.4 Å². The molecule has 3 N–H and O–H groups in total. The number of nitrogens with zero attached hydrogens (tertiary/aromatic N) is 1. The van der Waals surface area contributed by atoms with E-state index in [-0.39, 0.29) is 29.4 Å². The Labute approximate surface area is 181 Å². The first-order valence-corrected chi connectivity index (χ1v) is 9.26. The van der Waals surface area contributed by atoms with Crippen molar-refractivity contribution in [1.29, 1.82) is 0 Å². The lowest BCUT2D eigenvalue weighted by Crippen LogP contribution is -2.25. The molecule has 1 aliphatic carbocycles. The Morgan fingerprint density at radius 2 is 1.85 bits per heavy atom. The molecule has 0 spiro atoms. The Morgan fingerprint density at radius 3 is 2.59 bits per heavy atom. The summed E-state index contributed by atoms with van der Waals surface area (Å²) in [6.07, 6.45) is 3.04. The fourth-order valence-corrected chi connectivity index (χ4v) is 3.56. The fourth-order valence-electron chi connectivity index (χ4n) is 3.22. The predicted octanol–water partition coefficient (Wildman–Crippen LogP) is 4.58. The molecular weight excluding hydrogens is 477 g/mol. The highest BCUT2D eigenvalue weighted by Gasteiger charge is 2.45. The molecule has 2 aromatic carbocycles. The van der Waals surface area contributed by atoms with Crippen molar-refractivity contribution in [3.05, 3.63) is 53.1 Å². The molecule has 0 aromatic heterocycles. The zero-order valence-corrected chi connectivity index (χ0v) is 18.0. The number of nitrogens with two attached hydrogens (primary N) is 1. The maximum atomic E-state index is 6.35. The van der Waals surface area contributed by atoms with Gasteiger partial charge in [-0.2, -0.15) is 0 Å². The number of benzene rings is 2. The summed E-state index contributed by atoms with van der Waals surface area (Å²) in [5.41, 5.74) is 8.11. The fraction of sp³-hybridized carbons (Fsp3) is 0.350. The topological polar surface area (TPSA) is 68.9 Å². The van der Waals surface area contributed by atoms with Crippen LogP contribution in [-0.2, 0) is 5.41 Å². The van der Waals surface area contributed by atoms with Crippen LogP contribution in [-0.4, -0.2) is 25.7 Å². The van der Waals surface area contributed by atoms with E-state index in [0.717, 1.165) is 47.0 Å². The van der Waals surface area contributed by atoms with Gasteiger partial charge < -0.3 is 20.5 Å². The van der Waals surface area contributed by atoms with E-state index in [1.807, 2.05) is 36.4 Å². The average Bonchev–Trinajstić information content (AvgIpc) is 3.45. The number of aliphatic imine (C=N–C) groups is 1. The molecule has 0 amide bonds. The van der Waals surface area contributed by atoms with Crippen molar-refractivity contribution in [2.75, 3.05) is 25.1 Å². The summed E-state index contributed by atoms with van der Waals surface area (Å²) in [6, 6.07) is 13.7. The number of ether oxygens (including phenoxy) is 2. The molecule has 1 saturated carbocycles. The molecule has 0 radical (unpaired) electrons. The first-order chi connectivity index (χ1) is 12.7. The van der Waals surface area contributed by atoms with Crippen molar-refractivity contribution in [2.24, 2.45) is 10.7 Å². The maximum absolute atomic E-state index is 6.35. The van der Waals surface area contributed by atoms with Gasteiger partial charge in [0.2, 0.25) is 0 Å². The van der Waals surface area contributed by atoms with Gasteiger partial charge in [-0.15, -0.1) is 24.0 Å². The van der Waals surface area contributed by atoms with Gasteiger partial charge in [0.25, 0.3) is 0 Å². The second-order valence-corrected chi connectivity index (χ2v) is 7.21. The SMILES string of the molecule is I.NC(=NCC1(c2ccccc2Cl)CC1)Nc1ccc2c(c1)OCCCO2. The van der Waals surface area contributed by atoms with E-state index >= 15 is 0 Å². The van der Waals surface area contributed by atoms with Crippen LogP contribution in [0.2, 0.25) is 5.02 Å². The zero-order valence-electron chi connectivity index (χ0n) is 14.9. The third-order valence-electron chi connectivity index (χ3n) is 4.87. The van der Waals surface area contributed by atoms with Crippen molar-refractivity contribution < 1.29 is 9.47 Å². The summed E-state index contributed by atoms with van der Waals surface area (Å²) in [5.74, 6) is 1.88. The Morgan fingerprint density at radius 1 is 1.11 bits per heavy atom. The summed E-state index contributed by atoms with van der Waals surface area (Å²) in [5, 5.41) is 3.94. The number of hydrogen-bond acceptors (Lipinski definition) is 3. The standard InChI is InChI=1S/C20H22ClN3O2.HI/c21-16-5-2-1-4-15(16)20(8-9-20)13-23-19(22)24-14-6-7-17-18(12-14)26-11-3-10-25-17;/h1-2,4-7,12H,3,8-11,13H2,(H3,22,23,24);1H. The molecule has 2 aliphatic rings. The van der Waals surface area contributed by atoms with Crippen molar-refractivity contribution in [3.63, 3.8) is 0 Å². The summed E-state index contributed by atoms with van der Waals surface area (Å²) >= 11 is 6.35. The molecule has 0 unspecified atom stereocenters. The third-order valence-corrected chi connectivity index (χ3v) is 5.20. The summed E-state index contributed by atoms with van der Waals surface area (Å²) in [7, 11) is 0. The lowest BCUT2D eigenvalue weighted by atomic mass is 9.96. The normalized spacial score (nSPS) is 17.4. The molecule has 5 nitrogen and oxygen atoms in total. The molecule has 2 aromatic rings. The van der Waals surface area contributed by atoms with Crippen LogP contribution in [0.5, 0.6) is 11.5 Å². The monoisotopic (exact) mass is 499 g/mol. The number of guanidine groups is 1. The molecule has 1 fully saturated rings. The second-order valence-electron chi connectivity index (χ2n) is 6.80. The number of hydrogen-bond donors (Lipinski definition) is 2. The Kier molecular flexibility index (Phi) is 6.37. The molecular formula is C20H23ClIN3O2. The Balaban J connectivity index is 0.00000210. The van der Waals surface area contributed by atoms with Crippen molar-refractivity contribution in [1.82, 2.24) is 0 Å². The van der Waals surface area contributed by atoms with Crippen molar-refractivity contribution in [2.45, 2.75) is 24.7 Å². The first kappa shape index (κ1) is 20.1. The smallest absolute Gasteiger partial charge is 0.193 e. The highest BCUT2D eigenvalue weighted by Crippen LogP contribution is 2.50. The predicted molar refractivity (Wildman–Crippen MR) is 120 cm³/mol. The summed E-state index contributed by atoms with van der Waals surface area (Å²) in [6.45, 7) is 1.95. The van der Waals surface area contributed by atoms with Crippen LogP contribution in [0.3, 0.4) is 0 Å². The minimum atomic E-state index is 0. The van der Waals surface area contributed by atoms with E-state index in [1.54, 1.807) is 0 Å². The maximum Gasteiger partial charge on any atom is 0.193 e. The highest BCUT2D eigenvalue weighted by atomic mass is 127. The summed E-state index contributed by atoms with van der Waals surface area (Å²) in [4.78, 5) is 4.55. The van der Waals surface area contributed by atoms with Gasteiger partial charge in [-0.1, -0.05) is 29.8 Å². The number of rotatable bonds is 4. The zero-order chi connectivity index (χ0) is 18.0. The Bertz CT molecular complexity index is 840. The molecule has 0 saturated heterocycles. The Hall–Kier alpha value is -1.67. The molecule has 1 aliphatic heterocycles. The van der Waals surface area contributed by atoms with Crippen LogP contribution in [0.1, 0.15) is 24.8 Å². The van der Waals surface area contributed by atoms with Gasteiger partial charge in [0.05, 0.1) is 19.8 Å². The van der Waals surface area contributed by atoms with Crippen molar-refractivity contribution >= 4 is 47.2 Å². The molecule has 7 heteroatoms. The van der Waals surface area contributed by atoms with Crippen LogP contribution in [0.25, 0.3) is 0 Å². The van der Waals surface area contributed by atoms with E-state index in [1.165, 1.54) is 0 Å².